The molecule has 0 saturated heterocycles. The van der Waals surface area contributed by atoms with Gasteiger partial charge < -0.3 is 5.11 Å². The van der Waals surface area contributed by atoms with Gasteiger partial charge in [0.05, 0.1) is 5.60 Å². The Morgan fingerprint density at radius 1 is 1.36 bits per heavy atom. The van der Waals surface area contributed by atoms with E-state index in [4.69, 9.17) is 0 Å². The van der Waals surface area contributed by atoms with Crippen LogP contribution >= 0.6 is 11.3 Å². The third-order valence-corrected chi connectivity index (χ3v) is 3.89. The van der Waals surface area contributed by atoms with Crippen LogP contribution in [-0.4, -0.2) is 10.7 Å². The topological polar surface area (TPSA) is 20.2 Å². The van der Waals surface area contributed by atoms with Gasteiger partial charge in [0.2, 0.25) is 0 Å². The summed E-state index contributed by atoms with van der Waals surface area (Å²) in [7, 11) is 0. The zero-order chi connectivity index (χ0) is 10.2. The summed E-state index contributed by atoms with van der Waals surface area (Å²) >= 11 is 1.90. The van der Waals surface area contributed by atoms with Gasteiger partial charge in [-0.25, -0.2) is 0 Å². The van der Waals surface area contributed by atoms with E-state index in [1.165, 1.54) is 30.6 Å². The van der Waals surface area contributed by atoms with E-state index in [0.29, 0.717) is 0 Å². The Hall–Kier alpha value is -0.340. The van der Waals surface area contributed by atoms with Crippen molar-refractivity contribution < 1.29 is 5.11 Å². The highest BCUT2D eigenvalue weighted by Gasteiger charge is 2.18. The second-order valence-electron chi connectivity index (χ2n) is 4.86. The molecule has 2 rings (SSSR count). The monoisotopic (exact) mass is 210 g/mol. The van der Waals surface area contributed by atoms with E-state index < -0.39 is 5.60 Å². The van der Waals surface area contributed by atoms with Gasteiger partial charge in [-0.1, -0.05) is 0 Å². The summed E-state index contributed by atoms with van der Waals surface area (Å²) in [6.45, 7) is 3.76. The fourth-order valence-electron chi connectivity index (χ4n) is 2.07. The Balaban J connectivity index is 2.16. The maximum absolute atomic E-state index is 9.74. The molecule has 14 heavy (non-hydrogen) atoms. The number of thiophene rings is 1. The molecule has 78 valence electrons. The van der Waals surface area contributed by atoms with Crippen LogP contribution in [-0.2, 0) is 19.3 Å². The molecule has 0 spiro atoms. The first-order valence-corrected chi connectivity index (χ1v) is 6.19. The summed E-state index contributed by atoms with van der Waals surface area (Å²) in [6.07, 6.45) is 5.98. The van der Waals surface area contributed by atoms with Gasteiger partial charge >= 0.3 is 0 Å². The van der Waals surface area contributed by atoms with Crippen LogP contribution < -0.4 is 0 Å². The van der Waals surface area contributed by atoms with Gasteiger partial charge in [0, 0.05) is 16.2 Å². The molecule has 1 nitrogen and oxygen atoms in total. The molecule has 0 unspecified atom stereocenters. The number of aliphatic hydroxyl groups is 1. The van der Waals surface area contributed by atoms with Crippen molar-refractivity contribution in [2.75, 3.05) is 0 Å². The molecule has 2 heteroatoms. The molecule has 1 aliphatic carbocycles. The highest BCUT2D eigenvalue weighted by atomic mass is 32.1. The molecule has 0 atom stereocenters. The molecule has 1 aromatic heterocycles. The lowest BCUT2D eigenvalue weighted by Gasteiger charge is -2.14. The van der Waals surface area contributed by atoms with Gasteiger partial charge in [-0.3, -0.25) is 0 Å². The standard InChI is InChI=1S/C12H18OS/c1-12(2,13)8-10-7-9-5-3-4-6-11(9)14-10/h7,13H,3-6,8H2,1-2H3. The van der Waals surface area contributed by atoms with Crippen LogP contribution in [0.3, 0.4) is 0 Å². The van der Waals surface area contributed by atoms with Crippen molar-refractivity contribution in [1.82, 2.24) is 0 Å². The van der Waals surface area contributed by atoms with Gasteiger partial charge in [0.1, 0.15) is 0 Å². The molecule has 1 aromatic rings. The lowest BCUT2D eigenvalue weighted by Crippen LogP contribution is -2.21. The average Bonchev–Trinajstić information content (AvgIpc) is 2.42. The molecule has 1 aliphatic rings. The molecule has 0 fully saturated rings. The van der Waals surface area contributed by atoms with Crippen molar-refractivity contribution in [3.63, 3.8) is 0 Å². The number of aryl methyl sites for hydroxylation is 2. The van der Waals surface area contributed by atoms with Crippen LogP contribution in [0.5, 0.6) is 0 Å². The van der Waals surface area contributed by atoms with Crippen molar-refractivity contribution in [1.29, 1.82) is 0 Å². The first kappa shape index (κ1) is 10.2. The Labute approximate surface area is 89.8 Å². The van der Waals surface area contributed by atoms with Crippen molar-refractivity contribution in [2.24, 2.45) is 0 Å². The van der Waals surface area contributed by atoms with Gasteiger partial charge in [-0.2, -0.15) is 0 Å². The number of hydrogen-bond donors (Lipinski definition) is 1. The summed E-state index contributed by atoms with van der Waals surface area (Å²) in [6, 6.07) is 2.30. The highest BCUT2D eigenvalue weighted by Crippen LogP contribution is 2.31. The van der Waals surface area contributed by atoms with E-state index in [0.717, 1.165) is 6.42 Å². The van der Waals surface area contributed by atoms with Gasteiger partial charge in [0.15, 0.2) is 0 Å². The van der Waals surface area contributed by atoms with Crippen LogP contribution in [0.2, 0.25) is 0 Å². The summed E-state index contributed by atoms with van der Waals surface area (Å²) in [4.78, 5) is 2.92. The average molecular weight is 210 g/mol. The van der Waals surface area contributed by atoms with Crippen LogP contribution in [0.4, 0.5) is 0 Å². The van der Waals surface area contributed by atoms with E-state index in [1.54, 1.807) is 10.4 Å². The molecule has 0 saturated carbocycles. The molecule has 1 N–H and O–H groups in total. The van der Waals surface area contributed by atoms with Gasteiger partial charge in [-0.05, 0) is 51.2 Å². The maximum Gasteiger partial charge on any atom is 0.0639 e. The second-order valence-corrected chi connectivity index (χ2v) is 6.08. The fourth-order valence-corrected chi connectivity index (χ4v) is 3.55. The van der Waals surface area contributed by atoms with Gasteiger partial charge in [0.25, 0.3) is 0 Å². The van der Waals surface area contributed by atoms with Crippen molar-refractivity contribution in [3.8, 4) is 0 Å². The van der Waals surface area contributed by atoms with E-state index in [1.807, 2.05) is 25.2 Å². The quantitative estimate of drug-likeness (QED) is 0.795. The molecule has 0 radical (unpaired) electrons. The highest BCUT2D eigenvalue weighted by molar-refractivity contribution is 7.12. The van der Waals surface area contributed by atoms with Crippen molar-refractivity contribution in [3.05, 3.63) is 21.4 Å². The predicted molar refractivity (Wildman–Crippen MR) is 61.0 cm³/mol. The zero-order valence-electron chi connectivity index (χ0n) is 8.97. The Bertz CT molecular complexity index is 296. The molecule has 0 aliphatic heterocycles. The van der Waals surface area contributed by atoms with E-state index >= 15 is 0 Å². The normalized spacial score (nSPS) is 16.8. The summed E-state index contributed by atoms with van der Waals surface area (Å²) < 4.78 is 0. The van der Waals surface area contributed by atoms with Crippen molar-refractivity contribution >= 4 is 11.3 Å². The fraction of sp³-hybridized carbons (Fsp3) is 0.667. The summed E-state index contributed by atoms with van der Waals surface area (Å²) in [5.41, 5.74) is 0.980. The Morgan fingerprint density at radius 2 is 2.07 bits per heavy atom. The SMILES string of the molecule is CC(C)(O)Cc1cc2c(s1)CCCC2. The largest absolute Gasteiger partial charge is 0.390 e. The van der Waals surface area contributed by atoms with E-state index in [-0.39, 0.29) is 0 Å². The van der Waals surface area contributed by atoms with Crippen LogP contribution in [0, 0.1) is 0 Å². The number of rotatable bonds is 2. The van der Waals surface area contributed by atoms with Crippen LogP contribution in [0.15, 0.2) is 6.07 Å². The molecule has 0 aromatic carbocycles. The number of hydrogen-bond acceptors (Lipinski definition) is 2. The zero-order valence-corrected chi connectivity index (χ0v) is 9.78. The predicted octanol–water partition coefficient (Wildman–Crippen LogP) is 2.94. The third kappa shape index (κ3) is 2.37. The minimum Gasteiger partial charge on any atom is -0.390 e. The minimum atomic E-state index is -0.562. The second kappa shape index (κ2) is 3.67. The minimum absolute atomic E-state index is 0.562. The van der Waals surface area contributed by atoms with Crippen molar-refractivity contribution in [2.45, 2.75) is 51.6 Å². The smallest absolute Gasteiger partial charge is 0.0639 e. The van der Waals surface area contributed by atoms with Gasteiger partial charge in [-0.15, -0.1) is 11.3 Å². The van der Waals surface area contributed by atoms with E-state index in [9.17, 15) is 5.11 Å². The Morgan fingerprint density at radius 3 is 2.71 bits per heavy atom. The number of fused-ring (bicyclic) bond motifs is 1. The maximum atomic E-state index is 9.74. The third-order valence-electron chi connectivity index (χ3n) is 2.65. The van der Waals surface area contributed by atoms with Crippen LogP contribution in [0.25, 0.3) is 0 Å². The lowest BCUT2D eigenvalue weighted by atomic mass is 9.98. The molecule has 1 heterocycles. The first-order chi connectivity index (χ1) is 6.54. The van der Waals surface area contributed by atoms with E-state index in [2.05, 4.69) is 6.07 Å². The molecular weight excluding hydrogens is 192 g/mol. The van der Waals surface area contributed by atoms with Crippen LogP contribution in [0.1, 0.15) is 42.0 Å². The Kier molecular flexibility index (Phi) is 2.67. The molecular formula is C12H18OS. The summed E-state index contributed by atoms with van der Waals surface area (Å²) in [5, 5.41) is 9.74. The first-order valence-electron chi connectivity index (χ1n) is 5.37. The molecule has 0 bridgehead atoms. The summed E-state index contributed by atoms with van der Waals surface area (Å²) in [5.74, 6) is 0. The molecule has 0 amide bonds. The lowest BCUT2D eigenvalue weighted by molar-refractivity contribution is 0.0818.